The molecule has 2 aromatic rings. The lowest BCUT2D eigenvalue weighted by Gasteiger charge is -2.25. The lowest BCUT2D eigenvalue weighted by Crippen LogP contribution is -2.32. The number of hydrogen-bond acceptors (Lipinski definition) is 3. The van der Waals surface area contributed by atoms with Gasteiger partial charge in [-0.25, -0.2) is 4.99 Å². The third-order valence-corrected chi connectivity index (χ3v) is 4.59. The number of halogens is 1. The van der Waals surface area contributed by atoms with Crippen molar-refractivity contribution in [2.75, 3.05) is 19.0 Å². The SMILES string of the molecule is CCC(O)(CN=C(N)Nc1ccccc1COC)c1ccc(Br)cc1. The molecule has 1 atom stereocenters. The van der Waals surface area contributed by atoms with E-state index in [9.17, 15) is 5.11 Å². The fraction of sp³-hybridized carbons (Fsp3) is 0.316. The Balaban J connectivity index is 2.12. The smallest absolute Gasteiger partial charge is 0.193 e. The molecule has 0 spiro atoms. The fourth-order valence-electron chi connectivity index (χ4n) is 2.48. The zero-order chi connectivity index (χ0) is 18.3. The van der Waals surface area contributed by atoms with Crippen LogP contribution in [-0.4, -0.2) is 24.7 Å². The van der Waals surface area contributed by atoms with Gasteiger partial charge in [0.2, 0.25) is 0 Å². The number of guanidine groups is 1. The van der Waals surface area contributed by atoms with Crippen LogP contribution in [-0.2, 0) is 16.9 Å². The van der Waals surface area contributed by atoms with Crippen molar-refractivity contribution in [2.45, 2.75) is 25.6 Å². The van der Waals surface area contributed by atoms with E-state index in [-0.39, 0.29) is 12.5 Å². The Morgan fingerprint density at radius 2 is 1.92 bits per heavy atom. The molecule has 2 aromatic carbocycles. The van der Waals surface area contributed by atoms with Gasteiger partial charge in [0.05, 0.1) is 13.2 Å². The highest BCUT2D eigenvalue weighted by atomic mass is 79.9. The highest BCUT2D eigenvalue weighted by molar-refractivity contribution is 9.10. The predicted octanol–water partition coefficient (Wildman–Crippen LogP) is 3.62. The highest BCUT2D eigenvalue weighted by Crippen LogP contribution is 2.26. The van der Waals surface area contributed by atoms with Crippen LogP contribution in [0.25, 0.3) is 0 Å². The monoisotopic (exact) mass is 405 g/mol. The minimum absolute atomic E-state index is 0.177. The van der Waals surface area contributed by atoms with E-state index in [2.05, 4.69) is 26.2 Å². The summed E-state index contributed by atoms with van der Waals surface area (Å²) in [5.74, 6) is 0.257. The molecule has 5 nitrogen and oxygen atoms in total. The molecule has 2 rings (SSSR count). The molecule has 4 N–H and O–H groups in total. The summed E-state index contributed by atoms with van der Waals surface area (Å²) in [7, 11) is 1.65. The highest BCUT2D eigenvalue weighted by Gasteiger charge is 2.26. The normalized spacial score (nSPS) is 14.2. The van der Waals surface area contributed by atoms with E-state index >= 15 is 0 Å². The zero-order valence-corrected chi connectivity index (χ0v) is 16.1. The number of aliphatic hydroxyl groups is 1. The summed E-state index contributed by atoms with van der Waals surface area (Å²) in [6.45, 7) is 2.58. The first kappa shape index (κ1) is 19.4. The minimum Gasteiger partial charge on any atom is -0.383 e. The van der Waals surface area contributed by atoms with E-state index in [1.165, 1.54) is 0 Å². The van der Waals surface area contributed by atoms with Crippen molar-refractivity contribution in [1.29, 1.82) is 0 Å². The van der Waals surface area contributed by atoms with Crippen molar-refractivity contribution in [3.8, 4) is 0 Å². The Bertz CT molecular complexity index is 719. The van der Waals surface area contributed by atoms with E-state index in [1.807, 2.05) is 55.5 Å². The van der Waals surface area contributed by atoms with Gasteiger partial charge in [0.1, 0.15) is 5.60 Å². The molecular weight excluding hydrogens is 382 g/mol. The van der Waals surface area contributed by atoms with E-state index in [1.54, 1.807) is 7.11 Å². The number of ether oxygens (including phenoxy) is 1. The number of nitrogens with zero attached hydrogens (tertiary/aromatic N) is 1. The van der Waals surface area contributed by atoms with Crippen molar-refractivity contribution < 1.29 is 9.84 Å². The van der Waals surface area contributed by atoms with Crippen molar-refractivity contribution in [1.82, 2.24) is 0 Å². The second kappa shape index (κ2) is 8.99. The lowest BCUT2D eigenvalue weighted by atomic mass is 9.91. The number of rotatable bonds is 7. The van der Waals surface area contributed by atoms with Gasteiger partial charge in [-0.3, -0.25) is 0 Å². The van der Waals surface area contributed by atoms with E-state index < -0.39 is 5.60 Å². The van der Waals surface area contributed by atoms with Gasteiger partial charge in [-0.15, -0.1) is 0 Å². The standard InChI is InChI=1S/C19H24BrN3O2/c1-3-19(24,15-8-10-16(20)11-9-15)13-22-18(21)23-17-7-5-4-6-14(17)12-25-2/h4-11,24H,3,12-13H2,1-2H3,(H3,21,22,23). The van der Waals surface area contributed by atoms with Crippen LogP contribution in [0.1, 0.15) is 24.5 Å². The van der Waals surface area contributed by atoms with Gasteiger partial charge in [-0.2, -0.15) is 0 Å². The maximum atomic E-state index is 10.9. The minimum atomic E-state index is -1.06. The summed E-state index contributed by atoms with van der Waals surface area (Å²) < 4.78 is 6.15. The molecule has 0 fully saturated rings. The lowest BCUT2D eigenvalue weighted by molar-refractivity contribution is 0.0424. The summed E-state index contributed by atoms with van der Waals surface area (Å²) in [4.78, 5) is 4.34. The van der Waals surface area contributed by atoms with Crippen LogP contribution < -0.4 is 11.1 Å². The molecule has 0 saturated carbocycles. The molecule has 0 aliphatic rings. The van der Waals surface area contributed by atoms with Gasteiger partial charge in [0.15, 0.2) is 5.96 Å². The summed E-state index contributed by atoms with van der Waals surface area (Å²) in [5, 5.41) is 14.0. The molecule has 25 heavy (non-hydrogen) atoms. The number of hydrogen-bond donors (Lipinski definition) is 3. The number of aliphatic imine (C=N–C) groups is 1. The Hall–Kier alpha value is -1.89. The van der Waals surface area contributed by atoms with Crippen molar-refractivity contribution >= 4 is 27.6 Å². The molecule has 0 bridgehead atoms. The first-order valence-electron chi connectivity index (χ1n) is 8.10. The Morgan fingerprint density at radius 3 is 2.56 bits per heavy atom. The first-order valence-corrected chi connectivity index (χ1v) is 8.90. The maximum absolute atomic E-state index is 10.9. The Labute approximate surface area is 157 Å². The van der Waals surface area contributed by atoms with E-state index in [0.717, 1.165) is 21.3 Å². The summed E-state index contributed by atoms with van der Waals surface area (Å²) in [6, 6.07) is 15.3. The average molecular weight is 406 g/mol. The average Bonchev–Trinajstić information content (AvgIpc) is 2.62. The predicted molar refractivity (Wildman–Crippen MR) is 106 cm³/mol. The first-order chi connectivity index (χ1) is 12.0. The number of para-hydroxylation sites is 1. The molecule has 0 heterocycles. The molecule has 0 aliphatic heterocycles. The third-order valence-electron chi connectivity index (χ3n) is 4.06. The topological polar surface area (TPSA) is 79.9 Å². The van der Waals surface area contributed by atoms with Gasteiger partial charge in [-0.1, -0.05) is 53.2 Å². The van der Waals surface area contributed by atoms with Crippen LogP contribution in [0.5, 0.6) is 0 Å². The summed E-state index contributed by atoms with van der Waals surface area (Å²) >= 11 is 3.40. The number of benzene rings is 2. The van der Waals surface area contributed by atoms with Crippen LogP contribution in [0.4, 0.5) is 5.69 Å². The largest absolute Gasteiger partial charge is 0.383 e. The molecule has 0 saturated heterocycles. The van der Waals surface area contributed by atoms with Gasteiger partial charge >= 0.3 is 0 Å². The van der Waals surface area contributed by atoms with Crippen LogP contribution >= 0.6 is 15.9 Å². The van der Waals surface area contributed by atoms with Crippen molar-refractivity contribution in [3.05, 3.63) is 64.1 Å². The second-order valence-electron chi connectivity index (χ2n) is 5.81. The molecule has 134 valence electrons. The van der Waals surface area contributed by atoms with E-state index in [0.29, 0.717) is 13.0 Å². The molecule has 0 aliphatic carbocycles. The zero-order valence-electron chi connectivity index (χ0n) is 14.5. The van der Waals surface area contributed by atoms with Crippen LogP contribution in [0.15, 0.2) is 58.0 Å². The van der Waals surface area contributed by atoms with Crippen LogP contribution in [0.2, 0.25) is 0 Å². The summed E-state index contributed by atoms with van der Waals surface area (Å²) in [5.41, 5.74) is 7.60. The van der Waals surface area contributed by atoms with E-state index in [4.69, 9.17) is 10.5 Å². The molecule has 6 heteroatoms. The van der Waals surface area contributed by atoms with Crippen LogP contribution in [0.3, 0.4) is 0 Å². The van der Waals surface area contributed by atoms with Crippen molar-refractivity contribution in [2.24, 2.45) is 10.7 Å². The van der Waals surface area contributed by atoms with Gasteiger partial charge < -0.3 is 20.9 Å². The van der Waals surface area contributed by atoms with Crippen molar-refractivity contribution in [3.63, 3.8) is 0 Å². The third kappa shape index (κ3) is 5.29. The number of methoxy groups -OCH3 is 1. The maximum Gasteiger partial charge on any atom is 0.193 e. The van der Waals surface area contributed by atoms with Gasteiger partial charge in [-0.05, 0) is 30.2 Å². The Morgan fingerprint density at radius 1 is 1.24 bits per heavy atom. The Kier molecular flexibility index (Phi) is 6.99. The molecule has 0 radical (unpaired) electrons. The number of nitrogens with one attached hydrogen (secondary N) is 1. The van der Waals surface area contributed by atoms with Crippen LogP contribution in [0, 0.1) is 0 Å². The van der Waals surface area contributed by atoms with Gasteiger partial charge in [0, 0.05) is 22.8 Å². The molecular formula is C19H24BrN3O2. The number of anilines is 1. The molecule has 1 unspecified atom stereocenters. The number of nitrogens with two attached hydrogens (primary N) is 1. The fourth-order valence-corrected chi connectivity index (χ4v) is 2.75. The molecule has 0 aromatic heterocycles. The van der Waals surface area contributed by atoms with Gasteiger partial charge in [0.25, 0.3) is 0 Å². The quantitative estimate of drug-likeness (QED) is 0.485. The second-order valence-corrected chi connectivity index (χ2v) is 6.72. The summed E-state index contributed by atoms with van der Waals surface area (Å²) in [6.07, 6.45) is 0.533. The molecule has 0 amide bonds.